The van der Waals surface area contributed by atoms with Gasteiger partial charge in [-0.25, -0.2) is 4.79 Å². The van der Waals surface area contributed by atoms with E-state index >= 15 is 0 Å². The number of methoxy groups -OCH3 is 1. The van der Waals surface area contributed by atoms with E-state index in [1.165, 1.54) is 13.3 Å². The number of nitrogens with zero attached hydrogens (tertiary/aromatic N) is 1. The van der Waals surface area contributed by atoms with Gasteiger partial charge in [-0.1, -0.05) is 12.1 Å². The van der Waals surface area contributed by atoms with Crippen molar-refractivity contribution < 1.29 is 9.53 Å². The fourth-order valence-corrected chi connectivity index (χ4v) is 2.33. The average molecular weight is 324 g/mol. The Hall–Kier alpha value is -3.35. The van der Waals surface area contributed by atoms with Crippen molar-refractivity contribution in [2.45, 2.75) is 6.54 Å². The van der Waals surface area contributed by atoms with Crippen LogP contribution in [0, 0.1) is 0 Å². The number of fused-ring (bicyclic) bond motifs is 1. The number of nitrogens with one attached hydrogen (secondary N) is 3. The Morgan fingerprint density at radius 3 is 2.88 bits per heavy atom. The van der Waals surface area contributed by atoms with E-state index in [4.69, 9.17) is 4.74 Å². The van der Waals surface area contributed by atoms with Gasteiger partial charge in [-0.15, -0.1) is 0 Å². The van der Waals surface area contributed by atoms with E-state index in [9.17, 15) is 9.59 Å². The highest BCUT2D eigenvalue weighted by molar-refractivity contribution is 5.93. The molecule has 0 spiro atoms. The Labute approximate surface area is 137 Å². The van der Waals surface area contributed by atoms with E-state index in [1.54, 1.807) is 36.5 Å². The van der Waals surface area contributed by atoms with Crippen LogP contribution in [0.1, 0.15) is 5.69 Å². The minimum atomic E-state index is -0.478. The van der Waals surface area contributed by atoms with Crippen molar-refractivity contribution >= 4 is 22.6 Å². The molecule has 3 rings (SSSR count). The SMILES string of the molecule is COc1cccc2c(=O)c(NC(=O)NCc3ccccn3)c[nH]c12. The summed E-state index contributed by atoms with van der Waals surface area (Å²) in [6, 6.07) is 10.1. The number of hydrogen-bond donors (Lipinski definition) is 3. The highest BCUT2D eigenvalue weighted by Gasteiger charge is 2.10. The third kappa shape index (κ3) is 3.19. The molecule has 2 heterocycles. The first-order valence-corrected chi connectivity index (χ1v) is 7.32. The maximum Gasteiger partial charge on any atom is 0.319 e. The Kier molecular flexibility index (Phi) is 4.42. The predicted octanol–water partition coefficient (Wildman–Crippen LogP) is 2.25. The van der Waals surface area contributed by atoms with Gasteiger partial charge >= 0.3 is 6.03 Å². The van der Waals surface area contributed by atoms with Crippen molar-refractivity contribution in [1.29, 1.82) is 0 Å². The summed E-state index contributed by atoms with van der Waals surface area (Å²) in [5.74, 6) is 0.566. The summed E-state index contributed by atoms with van der Waals surface area (Å²) in [7, 11) is 1.53. The topological polar surface area (TPSA) is 96.1 Å². The number of amides is 2. The van der Waals surface area contributed by atoms with E-state index in [0.717, 1.165) is 5.69 Å². The Balaban J connectivity index is 1.76. The molecule has 122 valence electrons. The zero-order valence-corrected chi connectivity index (χ0v) is 13.0. The molecule has 0 aliphatic heterocycles. The molecule has 24 heavy (non-hydrogen) atoms. The van der Waals surface area contributed by atoms with E-state index in [2.05, 4.69) is 20.6 Å². The van der Waals surface area contributed by atoms with Crippen LogP contribution in [0.4, 0.5) is 10.5 Å². The van der Waals surface area contributed by atoms with Crippen LogP contribution in [-0.4, -0.2) is 23.1 Å². The highest BCUT2D eigenvalue weighted by atomic mass is 16.5. The lowest BCUT2D eigenvalue weighted by molar-refractivity contribution is 0.251. The molecule has 0 atom stereocenters. The minimum Gasteiger partial charge on any atom is -0.495 e. The summed E-state index contributed by atoms with van der Waals surface area (Å²) < 4.78 is 5.21. The lowest BCUT2D eigenvalue weighted by Gasteiger charge is -2.09. The Morgan fingerprint density at radius 1 is 1.25 bits per heavy atom. The summed E-state index contributed by atoms with van der Waals surface area (Å²) in [5, 5.41) is 5.64. The van der Waals surface area contributed by atoms with Crippen LogP contribution in [0.3, 0.4) is 0 Å². The second-order valence-corrected chi connectivity index (χ2v) is 5.04. The van der Waals surface area contributed by atoms with Crippen molar-refractivity contribution in [3.63, 3.8) is 0 Å². The van der Waals surface area contributed by atoms with Crippen LogP contribution in [0.25, 0.3) is 10.9 Å². The monoisotopic (exact) mass is 324 g/mol. The van der Waals surface area contributed by atoms with E-state index in [0.29, 0.717) is 16.7 Å². The number of ether oxygens (including phenoxy) is 1. The maximum absolute atomic E-state index is 12.5. The standard InChI is InChI=1S/C17H16N4O3/c1-24-14-7-4-6-12-15(14)19-10-13(16(12)22)21-17(23)20-9-11-5-2-3-8-18-11/h2-8,10H,9H2,1H3,(H,19,22)(H2,20,21,23). The summed E-state index contributed by atoms with van der Waals surface area (Å²) in [6.07, 6.45) is 3.10. The molecule has 0 unspecified atom stereocenters. The number of urea groups is 1. The van der Waals surface area contributed by atoms with Crippen molar-refractivity contribution in [3.05, 3.63) is 64.7 Å². The minimum absolute atomic E-state index is 0.161. The first-order chi connectivity index (χ1) is 11.7. The smallest absolute Gasteiger partial charge is 0.319 e. The fourth-order valence-electron chi connectivity index (χ4n) is 2.33. The molecule has 0 fully saturated rings. The number of H-pyrrole nitrogens is 1. The van der Waals surface area contributed by atoms with Gasteiger partial charge in [0.05, 0.1) is 30.3 Å². The number of benzene rings is 1. The number of aromatic amines is 1. The van der Waals surface area contributed by atoms with Gasteiger partial charge in [0, 0.05) is 12.4 Å². The predicted molar refractivity (Wildman–Crippen MR) is 91.2 cm³/mol. The first kappa shape index (κ1) is 15.5. The van der Waals surface area contributed by atoms with Crippen molar-refractivity contribution in [1.82, 2.24) is 15.3 Å². The summed E-state index contributed by atoms with van der Waals surface area (Å²) >= 11 is 0. The molecule has 0 saturated carbocycles. The van der Waals surface area contributed by atoms with Crippen LogP contribution >= 0.6 is 0 Å². The number of anilines is 1. The van der Waals surface area contributed by atoms with Crippen molar-refractivity contribution in [2.24, 2.45) is 0 Å². The number of aromatic nitrogens is 2. The number of hydrogen-bond acceptors (Lipinski definition) is 4. The zero-order valence-electron chi connectivity index (χ0n) is 13.0. The second-order valence-electron chi connectivity index (χ2n) is 5.04. The molecule has 3 aromatic rings. The van der Waals surface area contributed by atoms with Gasteiger partial charge < -0.3 is 20.4 Å². The van der Waals surface area contributed by atoms with Crippen molar-refractivity contribution in [3.8, 4) is 5.75 Å². The molecule has 0 aliphatic carbocycles. The van der Waals surface area contributed by atoms with Crippen LogP contribution < -0.4 is 20.8 Å². The molecule has 2 amide bonds. The molecule has 7 heteroatoms. The molecule has 0 aliphatic rings. The fraction of sp³-hybridized carbons (Fsp3) is 0.118. The normalized spacial score (nSPS) is 10.4. The quantitative estimate of drug-likeness (QED) is 0.686. The van der Waals surface area contributed by atoms with Gasteiger partial charge in [0.1, 0.15) is 11.4 Å². The molecule has 0 saturated heterocycles. The third-order valence-corrected chi connectivity index (χ3v) is 3.50. The van der Waals surface area contributed by atoms with Crippen LogP contribution in [0.5, 0.6) is 5.75 Å². The molecule has 0 bridgehead atoms. The summed E-state index contributed by atoms with van der Waals surface area (Å²) in [4.78, 5) is 31.5. The van der Waals surface area contributed by atoms with Gasteiger partial charge in [0.2, 0.25) is 5.43 Å². The molecule has 2 aromatic heterocycles. The van der Waals surface area contributed by atoms with Crippen LogP contribution in [-0.2, 0) is 6.54 Å². The van der Waals surface area contributed by atoms with Gasteiger partial charge in [-0.2, -0.15) is 0 Å². The number of para-hydroxylation sites is 1. The van der Waals surface area contributed by atoms with Crippen LogP contribution in [0.15, 0.2) is 53.6 Å². The van der Waals surface area contributed by atoms with E-state index < -0.39 is 6.03 Å². The zero-order chi connectivity index (χ0) is 16.9. The summed E-state index contributed by atoms with van der Waals surface area (Å²) in [5.41, 5.74) is 1.19. The lowest BCUT2D eigenvalue weighted by atomic mass is 10.2. The van der Waals surface area contributed by atoms with Crippen LogP contribution in [0.2, 0.25) is 0 Å². The maximum atomic E-state index is 12.5. The number of carbonyl (C=O) groups is 1. The second kappa shape index (κ2) is 6.82. The third-order valence-electron chi connectivity index (χ3n) is 3.50. The number of rotatable bonds is 4. The van der Waals surface area contributed by atoms with Gasteiger partial charge in [-0.05, 0) is 24.3 Å². The van der Waals surface area contributed by atoms with Gasteiger partial charge in [0.15, 0.2) is 0 Å². The number of carbonyl (C=O) groups excluding carboxylic acids is 1. The number of pyridine rings is 2. The molecule has 7 nitrogen and oxygen atoms in total. The molecular formula is C17H16N4O3. The molecule has 1 aromatic carbocycles. The molecular weight excluding hydrogens is 308 g/mol. The average Bonchev–Trinajstić information content (AvgIpc) is 2.63. The van der Waals surface area contributed by atoms with E-state index in [1.807, 2.05) is 6.07 Å². The largest absolute Gasteiger partial charge is 0.495 e. The lowest BCUT2D eigenvalue weighted by Crippen LogP contribution is -2.30. The Morgan fingerprint density at radius 2 is 2.12 bits per heavy atom. The molecule has 3 N–H and O–H groups in total. The van der Waals surface area contributed by atoms with Gasteiger partial charge in [0.25, 0.3) is 0 Å². The first-order valence-electron chi connectivity index (χ1n) is 7.32. The van der Waals surface area contributed by atoms with Gasteiger partial charge in [-0.3, -0.25) is 9.78 Å². The Bertz CT molecular complexity index is 922. The highest BCUT2D eigenvalue weighted by Crippen LogP contribution is 2.21. The van der Waals surface area contributed by atoms with Crippen molar-refractivity contribution in [2.75, 3.05) is 12.4 Å². The van der Waals surface area contributed by atoms with E-state index in [-0.39, 0.29) is 17.7 Å². The summed E-state index contributed by atoms with van der Waals surface area (Å²) in [6.45, 7) is 0.270. The molecule has 0 radical (unpaired) electrons.